The first-order valence-corrected chi connectivity index (χ1v) is 10.4. The summed E-state index contributed by atoms with van der Waals surface area (Å²) in [5.74, 6) is -1.78. The van der Waals surface area contributed by atoms with E-state index < -0.39 is 11.9 Å². The number of benzene rings is 2. The Morgan fingerprint density at radius 3 is 2.09 bits per heavy atom. The number of para-hydroxylation sites is 2. The summed E-state index contributed by atoms with van der Waals surface area (Å²) in [6.45, 7) is 7.94. The first-order valence-electron chi connectivity index (χ1n) is 10.4. The third-order valence-corrected chi connectivity index (χ3v) is 3.95. The Bertz CT molecular complexity index is 950. The average Bonchev–Trinajstić information content (AvgIpc) is 2.77. The molecule has 2 aromatic carbocycles. The SMILES string of the molecule is CC(C)COC(=O)/C=C(/Oc1ccccc1NC(=O)c1ccccc1)C(=O)OCC(C)C. The van der Waals surface area contributed by atoms with Crippen molar-refractivity contribution < 1.29 is 28.6 Å². The van der Waals surface area contributed by atoms with E-state index in [0.29, 0.717) is 11.3 Å². The number of esters is 2. The van der Waals surface area contributed by atoms with E-state index in [9.17, 15) is 14.4 Å². The number of nitrogens with one attached hydrogen (secondary N) is 1. The van der Waals surface area contributed by atoms with Gasteiger partial charge < -0.3 is 19.5 Å². The summed E-state index contributed by atoms with van der Waals surface area (Å²) in [4.78, 5) is 37.3. The van der Waals surface area contributed by atoms with Gasteiger partial charge in [-0.1, -0.05) is 58.0 Å². The zero-order chi connectivity index (χ0) is 23.5. The molecule has 0 saturated carbocycles. The van der Waals surface area contributed by atoms with Crippen molar-refractivity contribution in [2.75, 3.05) is 18.5 Å². The first-order chi connectivity index (χ1) is 15.3. The van der Waals surface area contributed by atoms with Crippen LogP contribution in [0.4, 0.5) is 5.69 Å². The van der Waals surface area contributed by atoms with E-state index in [4.69, 9.17) is 14.2 Å². The monoisotopic (exact) mass is 439 g/mol. The van der Waals surface area contributed by atoms with Crippen molar-refractivity contribution in [2.24, 2.45) is 11.8 Å². The van der Waals surface area contributed by atoms with Gasteiger partial charge >= 0.3 is 11.9 Å². The number of carbonyl (C=O) groups excluding carboxylic acids is 3. The predicted octanol–water partition coefficient (Wildman–Crippen LogP) is 4.60. The van der Waals surface area contributed by atoms with Gasteiger partial charge in [0.15, 0.2) is 5.75 Å². The maximum Gasteiger partial charge on any atom is 0.374 e. The summed E-state index contributed by atoms with van der Waals surface area (Å²) in [6, 6.07) is 15.3. The van der Waals surface area contributed by atoms with Crippen molar-refractivity contribution in [3.63, 3.8) is 0 Å². The Morgan fingerprint density at radius 1 is 0.844 bits per heavy atom. The largest absolute Gasteiger partial charge is 0.462 e. The smallest absolute Gasteiger partial charge is 0.374 e. The molecule has 170 valence electrons. The molecule has 2 aromatic rings. The minimum Gasteiger partial charge on any atom is -0.462 e. The quantitative estimate of drug-likeness (QED) is 0.331. The van der Waals surface area contributed by atoms with Gasteiger partial charge in [0.05, 0.1) is 25.0 Å². The van der Waals surface area contributed by atoms with Crippen LogP contribution in [-0.4, -0.2) is 31.1 Å². The van der Waals surface area contributed by atoms with E-state index in [1.807, 2.05) is 33.8 Å². The number of carbonyl (C=O) groups is 3. The van der Waals surface area contributed by atoms with Gasteiger partial charge in [0.2, 0.25) is 5.76 Å². The number of ether oxygens (including phenoxy) is 3. The highest BCUT2D eigenvalue weighted by molar-refractivity contribution is 6.05. The molecule has 0 atom stereocenters. The van der Waals surface area contributed by atoms with Crippen LogP contribution in [0.1, 0.15) is 38.1 Å². The Labute approximate surface area is 188 Å². The number of hydrogen-bond donors (Lipinski definition) is 1. The number of hydrogen-bond acceptors (Lipinski definition) is 6. The van der Waals surface area contributed by atoms with Crippen LogP contribution in [0, 0.1) is 11.8 Å². The van der Waals surface area contributed by atoms with Gasteiger partial charge in [-0.05, 0) is 36.1 Å². The van der Waals surface area contributed by atoms with E-state index in [1.54, 1.807) is 48.5 Å². The molecule has 32 heavy (non-hydrogen) atoms. The van der Waals surface area contributed by atoms with Crippen LogP contribution in [0.5, 0.6) is 5.75 Å². The molecule has 0 heterocycles. The Morgan fingerprint density at radius 2 is 1.44 bits per heavy atom. The molecule has 7 heteroatoms. The minimum atomic E-state index is -0.801. The summed E-state index contributed by atoms with van der Waals surface area (Å²) < 4.78 is 16.1. The minimum absolute atomic E-state index is 0.102. The molecule has 0 fully saturated rings. The van der Waals surface area contributed by atoms with Crippen molar-refractivity contribution in [1.82, 2.24) is 0 Å². The Balaban J connectivity index is 2.25. The van der Waals surface area contributed by atoms with Crippen LogP contribution in [0.25, 0.3) is 0 Å². The highest BCUT2D eigenvalue weighted by atomic mass is 16.6. The molecular formula is C25H29NO6. The lowest BCUT2D eigenvalue weighted by Gasteiger charge is -2.15. The molecule has 0 aromatic heterocycles. The molecule has 7 nitrogen and oxygen atoms in total. The molecule has 0 spiro atoms. The molecule has 1 N–H and O–H groups in total. The fourth-order valence-electron chi connectivity index (χ4n) is 2.40. The van der Waals surface area contributed by atoms with Crippen LogP contribution in [0.15, 0.2) is 66.4 Å². The molecule has 0 bridgehead atoms. The maximum atomic E-state index is 12.6. The Kier molecular flexibility index (Phi) is 9.47. The summed E-state index contributed by atoms with van der Waals surface area (Å²) in [7, 11) is 0. The van der Waals surface area contributed by atoms with Gasteiger partial charge in [-0.3, -0.25) is 4.79 Å². The lowest BCUT2D eigenvalue weighted by molar-refractivity contribution is -0.144. The Hall–Kier alpha value is -3.61. The van der Waals surface area contributed by atoms with Crippen molar-refractivity contribution in [3.8, 4) is 5.75 Å². The average molecular weight is 440 g/mol. The summed E-state index contributed by atoms with van der Waals surface area (Å²) in [5.41, 5.74) is 0.797. The zero-order valence-electron chi connectivity index (χ0n) is 18.8. The van der Waals surface area contributed by atoms with Crippen LogP contribution in [-0.2, 0) is 19.1 Å². The maximum absolute atomic E-state index is 12.6. The molecule has 0 aliphatic heterocycles. The normalized spacial score (nSPS) is 11.2. The fraction of sp³-hybridized carbons (Fsp3) is 0.320. The highest BCUT2D eigenvalue weighted by Crippen LogP contribution is 2.27. The third kappa shape index (κ3) is 8.26. The predicted molar refractivity (Wildman–Crippen MR) is 121 cm³/mol. The third-order valence-electron chi connectivity index (χ3n) is 3.95. The van der Waals surface area contributed by atoms with E-state index >= 15 is 0 Å². The molecule has 1 amide bonds. The summed E-state index contributed by atoms with van der Waals surface area (Å²) in [5, 5.41) is 2.76. The van der Waals surface area contributed by atoms with Crippen molar-refractivity contribution in [3.05, 3.63) is 72.0 Å². The molecular weight excluding hydrogens is 410 g/mol. The second-order valence-electron chi connectivity index (χ2n) is 7.94. The van der Waals surface area contributed by atoms with Crippen LogP contribution < -0.4 is 10.1 Å². The van der Waals surface area contributed by atoms with Crippen LogP contribution in [0.3, 0.4) is 0 Å². The summed E-state index contributed by atoms with van der Waals surface area (Å²) in [6.07, 6.45) is 0.959. The lowest BCUT2D eigenvalue weighted by Crippen LogP contribution is -2.19. The second kappa shape index (κ2) is 12.3. The molecule has 0 aliphatic rings. The van der Waals surface area contributed by atoms with E-state index in [0.717, 1.165) is 6.08 Å². The van der Waals surface area contributed by atoms with Crippen molar-refractivity contribution in [2.45, 2.75) is 27.7 Å². The van der Waals surface area contributed by atoms with Gasteiger partial charge in [-0.25, -0.2) is 9.59 Å². The summed E-state index contributed by atoms with van der Waals surface area (Å²) >= 11 is 0. The first kappa shape index (κ1) is 24.7. The van der Waals surface area contributed by atoms with Crippen LogP contribution in [0.2, 0.25) is 0 Å². The standard InChI is InChI=1S/C25H29NO6/c1-17(2)15-30-23(27)14-22(25(29)31-16-18(3)4)32-21-13-9-8-12-20(21)26-24(28)19-10-6-5-7-11-19/h5-14,17-18H,15-16H2,1-4H3,(H,26,28)/b22-14+. The van der Waals surface area contributed by atoms with Gasteiger partial charge in [0.1, 0.15) is 0 Å². The van der Waals surface area contributed by atoms with E-state index in [2.05, 4.69) is 5.32 Å². The van der Waals surface area contributed by atoms with E-state index in [1.165, 1.54) is 0 Å². The van der Waals surface area contributed by atoms with E-state index in [-0.39, 0.29) is 42.5 Å². The lowest BCUT2D eigenvalue weighted by atomic mass is 10.2. The van der Waals surface area contributed by atoms with Gasteiger partial charge in [0.25, 0.3) is 5.91 Å². The molecule has 0 saturated heterocycles. The molecule has 0 radical (unpaired) electrons. The molecule has 2 rings (SSSR count). The van der Waals surface area contributed by atoms with Crippen molar-refractivity contribution >= 4 is 23.5 Å². The van der Waals surface area contributed by atoms with Gasteiger partial charge in [-0.15, -0.1) is 0 Å². The fourth-order valence-corrected chi connectivity index (χ4v) is 2.40. The number of anilines is 1. The topological polar surface area (TPSA) is 90.9 Å². The number of amides is 1. The van der Waals surface area contributed by atoms with Gasteiger partial charge in [0, 0.05) is 5.56 Å². The number of rotatable bonds is 10. The van der Waals surface area contributed by atoms with Gasteiger partial charge in [-0.2, -0.15) is 0 Å². The molecule has 0 unspecified atom stereocenters. The van der Waals surface area contributed by atoms with Crippen molar-refractivity contribution in [1.29, 1.82) is 0 Å². The molecule has 0 aliphatic carbocycles. The second-order valence-corrected chi connectivity index (χ2v) is 7.94. The zero-order valence-corrected chi connectivity index (χ0v) is 18.8. The highest BCUT2D eigenvalue weighted by Gasteiger charge is 2.20. The van der Waals surface area contributed by atoms with Crippen LogP contribution >= 0.6 is 0 Å².